The van der Waals surface area contributed by atoms with Crippen LogP contribution in [0.15, 0.2) is 52.4 Å². The number of rotatable bonds is 8. The van der Waals surface area contributed by atoms with Crippen LogP contribution in [-0.2, 0) is 11.3 Å². The maximum absolute atomic E-state index is 12.8. The smallest absolute Gasteiger partial charge is 0.260 e. The molecule has 0 aliphatic carbocycles. The van der Waals surface area contributed by atoms with Gasteiger partial charge in [0, 0.05) is 18.1 Å². The number of thiophene rings is 1. The van der Waals surface area contributed by atoms with Crippen LogP contribution >= 0.6 is 22.9 Å². The molecule has 3 heterocycles. The Morgan fingerprint density at radius 3 is 2.93 bits per heavy atom. The Bertz CT molecular complexity index is 1150. The van der Waals surface area contributed by atoms with Gasteiger partial charge in [-0.2, -0.15) is 0 Å². The number of pyridine rings is 1. The van der Waals surface area contributed by atoms with Crippen LogP contribution < -0.4 is 4.74 Å². The monoisotopic (exact) mass is 442 g/mol. The van der Waals surface area contributed by atoms with Gasteiger partial charge in [0.2, 0.25) is 5.89 Å². The Labute approximate surface area is 182 Å². The largest absolute Gasteiger partial charge is 0.481 e. The third-order valence-electron chi connectivity index (χ3n) is 4.40. The van der Waals surface area contributed by atoms with Crippen LogP contribution in [0.4, 0.5) is 0 Å². The number of carbonyl (C=O) groups is 1. The Morgan fingerprint density at radius 1 is 1.23 bits per heavy atom. The van der Waals surface area contributed by atoms with Gasteiger partial charge in [0.05, 0.1) is 16.4 Å². The Balaban J connectivity index is 1.45. The fourth-order valence-corrected chi connectivity index (χ4v) is 3.86. The van der Waals surface area contributed by atoms with Crippen molar-refractivity contribution in [3.8, 4) is 16.5 Å². The third-order valence-corrected chi connectivity index (χ3v) is 5.59. The summed E-state index contributed by atoms with van der Waals surface area (Å²) in [7, 11) is 0. The number of hydrogen-bond acceptors (Lipinski definition) is 7. The highest BCUT2D eigenvalue weighted by Gasteiger charge is 2.19. The van der Waals surface area contributed by atoms with E-state index < -0.39 is 0 Å². The van der Waals surface area contributed by atoms with E-state index in [1.54, 1.807) is 29.3 Å². The normalized spacial score (nSPS) is 11.0. The number of amides is 1. The summed E-state index contributed by atoms with van der Waals surface area (Å²) in [4.78, 5) is 19.7. The lowest BCUT2D eigenvalue weighted by Gasteiger charge is -2.20. The highest BCUT2D eigenvalue weighted by Crippen LogP contribution is 2.29. The summed E-state index contributed by atoms with van der Waals surface area (Å²) in [5.74, 6) is 1.18. The molecule has 0 unspecified atom stereocenters. The van der Waals surface area contributed by atoms with E-state index in [1.165, 1.54) is 11.3 Å². The van der Waals surface area contributed by atoms with Crippen LogP contribution in [-0.4, -0.2) is 39.1 Å². The van der Waals surface area contributed by atoms with Crippen LogP contribution in [0.3, 0.4) is 0 Å². The minimum Gasteiger partial charge on any atom is -0.481 e. The van der Waals surface area contributed by atoms with Gasteiger partial charge in [0.25, 0.3) is 11.8 Å². The molecular weight excluding hydrogens is 424 g/mol. The van der Waals surface area contributed by atoms with Gasteiger partial charge in [-0.15, -0.1) is 21.5 Å². The number of carbonyl (C=O) groups excluding carboxylic acids is 1. The van der Waals surface area contributed by atoms with E-state index in [0.29, 0.717) is 34.6 Å². The Morgan fingerprint density at radius 2 is 2.13 bits per heavy atom. The summed E-state index contributed by atoms with van der Waals surface area (Å²) >= 11 is 7.74. The SMILES string of the molecule is CCCN(Cc1nnc(-c2cccs2)o1)C(=O)COc1ccc(Cl)c2cccnc12. The first-order chi connectivity index (χ1) is 14.7. The maximum atomic E-state index is 12.8. The van der Waals surface area contributed by atoms with Gasteiger partial charge in [-0.05, 0) is 42.1 Å². The summed E-state index contributed by atoms with van der Waals surface area (Å²) in [6.45, 7) is 2.66. The van der Waals surface area contributed by atoms with Crippen molar-refractivity contribution in [3.63, 3.8) is 0 Å². The van der Waals surface area contributed by atoms with Gasteiger partial charge in [-0.25, -0.2) is 0 Å². The molecule has 0 spiro atoms. The lowest BCUT2D eigenvalue weighted by Crippen LogP contribution is -2.35. The molecule has 0 aliphatic rings. The van der Waals surface area contributed by atoms with Crippen molar-refractivity contribution in [1.82, 2.24) is 20.1 Å². The molecule has 0 bridgehead atoms. The molecule has 154 valence electrons. The lowest BCUT2D eigenvalue weighted by molar-refractivity contribution is -0.134. The molecule has 1 aromatic carbocycles. The first kappa shape index (κ1) is 20.3. The Hall–Kier alpha value is -2.97. The quantitative estimate of drug-likeness (QED) is 0.389. The van der Waals surface area contributed by atoms with E-state index in [0.717, 1.165) is 16.7 Å². The second kappa shape index (κ2) is 9.23. The molecule has 9 heteroatoms. The van der Waals surface area contributed by atoms with Crippen molar-refractivity contribution < 1.29 is 13.9 Å². The van der Waals surface area contributed by atoms with Gasteiger partial charge in [0.1, 0.15) is 11.3 Å². The van der Waals surface area contributed by atoms with Crippen molar-refractivity contribution in [3.05, 3.63) is 58.9 Å². The van der Waals surface area contributed by atoms with Crippen LogP contribution in [0, 0.1) is 0 Å². The highest BCUT2D eigenvalue weighted by molar-refractivity contribution is 7.13. The minimum absolute atomic E-state index is 0.126. The first-order valence-corrected chi connectivity index (χ1v) is 10.7. The lowest BCUT2D eigenvalue weighted by atomic mass is 10.2. The molecule has 7 nitrogen and oxygen atoms in total. The van der Waals surface area contributed by atoms with Gasteiger partial charge in [-0.3, -0.25) is 9.78 Å². The standard InChI is InChI=1S/C21H19ClN4O3S/c1-2-10-26(12-18-24-25-21(29-18)17-6-4-11-30-17)19(27)13-28-16-8-7-15(22)14-5-3-9-23-20(14)16/h3-9,11H,2,10,12-13H2,1H3. The molecule has 30 heavy (non-hydrogen) atoms. The van der Waals surface area contributed by atoms with Crippen molar-refractivity contribution in [1.29, 1.82) is 0 Å². The third kappa shape index (κ3) is 4.44. The molecule has 0 aliphatic heterocycles. The number of ether oxygens (including phenoxy) is 1. The maximum Gasteiger partial charge on any atom is 0.260 e. The molecule has 3 aromatic heterocycles. The van der Waals surface area contributed by atoms with Gasteiger partial charge >= 0.3 is 0 Å². The first-order valence-electron chi connectivity index (χ1n) is 9.45. The summed E-state index contributed by atoms with van der Waals surface area (Å²) in [5, 5.41) is 11.5. The van der Waals surface area contributed by atoms with E-state index in [1.807, 2.05) is 30.5 Å². The predicted molar refractivity (Wildman–Crippen MR) is 116 cm³/mol. The summed E-state index contributed by atoms with van der Waals surface area (Å²) in [6, 6.07) is 11.0. The zero-order chi connectivity index (χ0) is 20.9. The van der Waals surface area contributed by atoms with Crippen molar-refractivity contribution in [2.75, 3.05) is 13.2 Å². The number of benzene rings is 1. The number of aromatic nitrogens is 3. The average molecular weight is 443 g/mol. The van der Waals surface area contributed by atoms with E-state index >= 15 is 0 Å². The molecule has 0 radical (unpaired) electrons. The molecule has 4 aromatic rings. The minimum atomic E-state index is -0.174. The molecule has 0 N–H and O–H groups in total. The predicted octanol–water partition coefficient (Wildman–Crippen LogP) is 4.82. The van der Waals surface area contributed by atoms with Gasteiger partial charge < -0.3 is 14.1 Å². The van der Waals surface area contributed by atoms with Crippen LogP contribution in [0.1, 0.15) is 19.2 Å². The second-order valence-corrected chi connectivity index (χ2v) is 7.88. The highest BCUT2D eigenvalue weighted by atomic mass is 35.5. The zero-order valence-corrected chi connectivity index (χ0v) is 17.8. The second-order valence-electron chi connectivity index (χ2n) is 6.53. The summed E-state index contributed by atoms with van der Waals surface area (Å²) < 4.78 is 11.5. The number of hydrogen-bond donors (Lipinski definition) is 0. The average Bonchev–Trinajstić information content (AvgIpc) is 3.45. The Kier molecular flexibility index (Phi) is 6.25. The number of nitrogens with zero attached hydrogens (tertiary/aromatic N) is 4. The van der Waals surface area contributed by atoms with E-state index in [4.69, 9.17) is 20.8 Å². The number of fused-ring (bicyclic) bond motifs is 1. The van der Waals surface area contributed by atoms with E-state index in [2.05, 4.69) is 15.2 Å². The van der Waals surface area contributed by atoms with Gasteiger partial charge in [-0.1, -0.05) is 24.6 Å². The molecule has 0 saturated heterocycles. The van der Waals surface area contributed by atoms with Crippen molar-refractivity contribution in [2.24, 2.45) is 0 Å². The fourth-order valence-electron chi connectivity index (χ4n) is 3.00. The van der Waals surface area contributed by atoms with Crippen LogP contribution in [0.2, 0.25) is 5.02 Å². The summed E-state index contributed by atoms with van der Waals surface area (Å²) in [6.07, 6.45) is 2.46. The van der Waals surface area contributed by atoms with Crippen molar-refractivity contribution in [2.45, 2.75) is 19.9 Å². The van der Waals surface area contributed by atoms with Crippen LogP contribution in [0.25, 0.3) is 21.7 Å². The molecule has 1 amide bonds. The van der Waals surface area contributed by atoms with Crippen molar-refractivity contribution >= 4 is 39.7 Å². The molecule has 4 rings (SSSR count). The molecule has 0 saturated carbocycles. The van der Waals surface area contributed by atoms with Crippen LogP contribution in [0.5, 0.6) is 5.75 Å². The molecular formula is C21H19ClN4O3S. The number of halogens is 1. The molecule has 0 fully saturated rings. The molecule has 0 atom stereocenters. The topological polar surface area (TPSA) is 81.4 Å². The summed E-state index contributed by atoms with van der Waals surface area (Å²) in [5.41, 5.74) is 0.623. The zero-order valence-electron chi connectivity index (χ0n) is 16.2. The van der Waals surface area contributed by atoms with Gasteiger partial charge in [0.15, 0.2) is 6.61 Å². The van der Waals surface area contributed by atoms with E-state index in [9.17, 15) is 4.79 Å². The van der Waals surface area contributed by atoms with E-state index in [-0.39, 0.29) is 19.1 Å². The fraction of sp³-hybridized carbons (Fsp3) is 0.238.